The zero-order chi connectivity index (χ0) is 11.1. The van der Waals surface area contributed by atoms with Gasteiger partial charge in [0.25, 0.3) is 0 Å². The van der Waals surface area contributed by atoms with Gasteiger partial charge in [-0.1, -0.05) is 0 Å². The molecule has 0 unspecified atom stereocenters. The maximum absolute atomic E-state index is 4.43. The normalized spacial score (nSPS) is 11.1. The number of hydrogen-bond donors (Lipinski definition) is 1. The summed E-state index contributed by atoms with van der Waals surface area (Å²) in [5.41, 5.74) is 6.79. The second kappa shape index (κ2) is 3.38. The number of thiazole rings is 1. The van der Waals surface area contributed by atoms with Crippen LogP contribution < -0.4 is 0 Å². The Bertz CT molecular complexity index is 633. The first-order valence-electron chi connectivity index (χ1n) is 4.97. The monoisotopic (exact) mass is 230 g/mol. The molecule has 80 valence electrons. The number of nitrogens with zero attached hydrogens (tertiary/aromatic N) is 3. The van der Waals surface area contributed by atoms with Crippen molar-refractivity contribution < 1.29 is 0 Å². The summed E-state index contributed by atoms with van der Waals surface area (Å²) in [4.78, 5) is 8.80. The van der Waals surface area contributed by atoms with Crippen LogP contribution >= 0.6 is 11.3 Å². The first-order chi connectivity index (χ1) is 7.77. The molecule has 0 aliphatic rings. The Kier molecular flexibility index (Phi) is 2.00. The van der Waals surface area contributed by atoms with Crippen LogP contribution in [-0.4, -0.2) is 20.2 Å². The topological polar surface area (TPSA) is 54.5 Å². The van der Waals surface area contributed by atoms with E-state index in [4.69, 9.17) is 0 Å². The lowest BCUT2D eigenvalue weighted by Crippen LogP contribution is -1.87. The number of aromatic amines is 1. The van der Waals surface area contributed by atoms with Gasteiger partial charge >= 0.3 is 0 Å². The van der Waals surface area contributed by atoms with Crippen LogP contribution in [0.5, 0.6) is 0 Å². The molecule has 0 amide bonds. The predicted octanol–water partition coefficient (Wildman–Crippen LogP) is 2.70. The van der Waals surface area contributed by atoms with Crippen LogP contribution in [-0.2, 0) is 0 Å². The molecule has 0 saturated heterocycles. The van der Waals surface area contributed by atoms with Gasteiger partial charge in [-0.25, -0.2) is 4.98 Å². The first kappa shape index (κ1) is 9.47. The second-order valence-electron chi connectivity index (χ2n) is 3.67. The molecule has 0 radical (unpaired) electrons. The van der Waals surface area contributed by atoms with E-state index in [2.05, 4.69) is 20.2 Å². The maximum atomic E-state index is 4.43. The third kappa shape index (κ3) is 1.25. The van der Waals surface area contributed by atoms with E-state index in [-0.39, 0.29) is 0 Å². The zero-order valence-corrected chi connectivity index (χ0v) is 9.80. The largest absolute Gasteiger partial charge is 0.282 e. The molecule has 0 spiro atoms. The quantitative estimate of drug-likeness (QED) is 0.699. The summed E-state index contributed by atoms with van der Waals surface area (Å²) in [5, 5.41) is 7.17. The third-order valence-corrected chi connectivity index (χ3v) is 3.41. The molecule has 3 aromatic rings. The number of H-pyrrole nitrogens is 1. The van der Waals surface area contributed by atoms with Crippen LogP contribution in [0.2, 0.25) is 0 Å². The molecule has 0 fully saturated rings. The Labute approximate surface area is 96.4 Å². The van der Waals surface area contributed by atoms with Crippen molar-refractivity contribution in [2.75, 3.05) is 0 Å². The van der Waals surface area contributed by atoms with E-state index >= 15 is 0 Å². The molecule has 1 N–H and O–H groups in total. The standard InChI is InChI=1S/C11H10N4S/c1-6-9(7(2)15-14-6)11-10-8(3-4-12-11)16-5-13-10/h3-5H,1-2H3,(H,14,15). The number of aromatic nitrogens is 4. The molecular weight excluding hydrogens is 220 g/mol. The predicted molar refractivity (Wildman–Crippen MR) is 64.5 cm³/mol. The van der Waals surface area contributed by atoms with Crippen LogP contribution in [0.4, 0.5) is 0 Å². The number of hydrogen-bond acceptors (Lipinski definition) is 4. The lowest BCUT2D eigenvalue weighted by Gasteiger charge is -2.01. The minimum absolute atomic E-state index is 0.919. The average Bonchev–Trinajstić information content (AvgIpc) is 2.86. The summed E-state index contributed by atoms with van der Waals surface area (Å²) >= 11 is 1.63. The maximum Gasteiger partial charge on any atom is 0.108 e. The highest BCUT2D eigenvalue weighted by Gasteiger charge is 2.14. The van der Waals surface area contributed by atoms with Gasteiger partial charge in [-0.2, -0.15) is 5.10 Å². The fourth-order valence-electron chi connectivity index (χ4n) is 1.87. The highest BCUT2D eigenvalue weighted by molar-refractivity contribution is 7.16. The van der Waals surface area contributed by atoms with Crippen LogP contribution in [0.3, 0.4) is 0 Å². The van der Waals surface area contributed by atoms with E-state index < -0.39 is 0 Å². The Balaban J connectivity index is 2.38. The van der Waals surface area contributed by atoms with Crippen molar-refractivity contribution in [3.05, 3.63) is 29.2 Å². The van der Waals surface area contributed by atoms with Crippen molar-refractivity contribution in [1.29, 1.82) is 0 Å². The highest BCUT2D eigenvalue weighted by Crippen LogP contribution is 2.30. The smallest absolute Gasteiger partial charge is 0.108 e. The summed E-state index contributed by atoms with van der Waals surface area (Å²) in [6.07, 6.45) is 1.82. The summed E-state index contributed by atoms with van der Waals surface area (Å²) in [5.74, 6) is 0. The minimum Gasteiger partial charge on any atom is -0.282 e. The minimum atomic E-state index is 0.919. The molecule has 3 heterocycles. The van der Waals surface area contributed by atoms with Gasteiger partial charge in [0, 0.05) is 17.5 Å². The molecule has 3 aromatic heterocycles. The fraction of sp³-hybridized carbons (Fsp3) is 0.182. The highest BCUT2D eigenvalue weighted by atomic mass is 32.1. The number of aryl methyl sites for hydroxylation is 2. The number of pyridine rings is 1. The lowest BCUT2D eigenvalue weighted by molar-refractivity contribution is 1.02. The molecule has 4 nitrogen and oxygen atoms in total. The Morgan fingerprint density at radius 3 is 2.88 bits per heavy atom. The van der Waals surface area contributed by atoms with Crippen LogP contribution in [0.15, 0.2) is 17.8 Å². The van der Waals surface area contributed by atoms with Crippen LogP contribution in [0.1, 0.15) is 11.4 Å². The van der Waals surface area contributed by atoms with Gasteiger partial charge < -0.3 is 0 Å². The van der Waals surface area contributed by atoms with Gasteiger partial charge in [0.2, 0.25) is 0 Å². The fourth-order valence-corrected chi connectivity index (χ4v) is 2.55. The van der Waals surface area contributed by atoms with E-state index in [1.54, 1.807) is 11.3 Å². The zero-order valence-electron chi connectivity index (χ0n) is 8.98. The number of rotatable bonds is 1. The molecule has 3 rings (SSSR count). The summed E-state index contributed by atoms with van der Waals surface area (Å²) in [6.45, 7) is 3.98. The molecular formula is C11H10N4S. The molecule has 0 saturated carbocycles. The Morgan fingerprint density at radius 2 is 2.12 bits per heavy atom. The molecule has 0 bridgehead atoms. The van der Waals surface area contributed by atoms with Gasteiger partial charge in [-0.15, -0.1) is 11.3 Å². The summed E-state index contributed by atoms with van der Waals surface area (Å²) in [7, 11) is 0. The number of fused-ring (bicyclic) bond motifs is 1. The van der Waals surface area contributed by atoms with Crippen LogP contribution in [0.25, 0.3) is 21.5 Å². The average molecular weight is 230 g/mol. The Morgan fingerprint density at radius 1 is 1.25 bits per heavy atom. The van der Waals surface area contributed by atoms with Gasteiger partial charge in [-0.3, -0.25) is 10.1 Å². The summed E-state index contributed by atoms with van der Waals surface area (Å²) < 4.78 is 1.16. The van der Waals surface area contributed by atoms with Gasteiger partial charge in [0.05, 0.1) is 15.9 Å². The third-order valence-electron chi connectivity index (χ3n) is 2.61. The van der Waals surface area contributed by atoms with E-state index in [0.717, 1.165) is 32.9 Å². The van der Waals surface area contributed by atoms with Crippen molar-refractivity contribution in [3.63, 3.8) is 0 Å². The Hall–Kier alpha value is -1.75. The van der Waals surface area contributed by atoms with Crippen molar-refractivity contribution in [3.8, 4) is 11.3 Å². The first-order valence-corrected chi connectivity index (χ1v) is 5.85. The van der Waals surface area contributed by atoms with Crippen LogP contribution in [0, 0.1) is 13.8 Å². The van der Waals surface area contributed by atoms with E-state index in [1.807, 2.05) is 31.6 Å². The van der Waals surface area contributed by atoms with E-state index in [1.165, 1.54) is 0 Å². The van der Waals surface area contributed by atoms with Crippen molar-refractivity contribution in [2.24, 2.45) is 0 Å². The van der Waals surface area contributed by atoms with Crippen molar-refractivity contribution in [2.45, 2.75) is 13.8 Å². The van der Waals surface area contributed by atoms with Crippen molar-refractivity contribution >= 4 is 21.6 Å². The van der Waals surface area contributed by atoms with Crippen molar-refractivity contribution in [1.82, 2.24) is 20.2 Å². The molecule has 0 aromatic carbocycles. The number of nitrogens with one attached hydrogen (secondary N) is 1. The van der Waals surface area contributed by atoms with E-state index in [9.17, 15) is 0 Å². The van der Waals surface area contributed by atoms with E-state index in [0.29, 0.717) is 0 Å². The molecule has 5 heteroatoms. The molecule has 0 aliphatic carbocycles. The SMILES string of the molecule is Cc1n[nH]c(C)c1-c1nccc2scnc12. The lowest BCUT2D eigenvalue weighted by atomic mass is 10.1. The molecule has 0 aliphatic heterocycles. The molecule has 16 heavy (non-hydrogen) atoms. The van der Waals surface area contributed by atoms with Gasteiger partial charge in [0.1, 0.15) is 11.2 Å². The van der Waals surface area contributed by atoms with Gasteiger partial charge in [-0.05, 0) is 19.9 Å². The molecule has 0 atom stereocenters. The second-order valence-corrected chi connectivity index (χ2v) is 4.55. The summed E-state index contributed by atoms with van der Waals surface area (Å²) in [6, 6.07) is 1.99. The van der Waals surface area contributed by atoms with Gasteiger partial charge in [0.15, 0.2) is 0 Å².